The van der Waals surface area contributed by atoms with E-state index in [2.05, 4.69) is 5.32 Å². The first-order valence-corrected chi connectivity index (χ1v) is 6.53. The van der Waals surface area contributed by atoms with Crippen molar-refractivity contribution >= 4 is 17.5 Å². The predicted octanol–water partition coefficient (Wildman–Crippen LogP) is 1.71. The topological polar surface area (TPSA) is 64.3 Å². The number of carbonyl (C=O) groups excluding carboxylic acids is 1. The number of benzene rings is 1. The van der Waals surface area contributed by atoms with Crippen molar-refractivity contribution in [3.8, 4) is 0 Å². The van der Waals surface area contributed by atoms with Gasteiger partial charge in [-0.3, -0.25) is 4.79 Å². The Balaban J connectivity index is 2.04. The Bertz CT molecular complexity index is 482. The third-order valence-corrected chi connectivity index (χ3v) is 3.53. The van der Waals surface area contributed by atoms with Crippen LogP contribution in [-0.4, -0.2) is 30.7 Å². The molecule has 1 amide bonds. The lowest BCUT2D eigenvalue weighted by Crippen LogP contribution is -2.64. The van der Waals surface area contributed by atoms with Crippen molar-refractivity contribution < 1.29 is 13.9 Å². The summed E-state index contributed by atoms with van der Waals surface area (Å²) in [6.07, 6.45) is 0.652. The highest BCUT2D eigenvalue weighted by molar-refractivity contribution is 6.33. The van der Waals surface area contributed by atoms with Crippen LogP contribution in [0, 0.1) is 5.82 Å². The van der Waals surface area contributed by atoms with E-state index >= 15 is 0 Å². The summed E-state index contributed by atoms with van der Waals surface area (Å²) < 4.78 is 18.4. The molecule has 6 heteroatoms. The number of amides is 1. The lowest BCUT2D eigenvalue weighted by Gasteiger charge is -2.42. The zero-order valence-electron chi connectivity index (χ0n) is 10.5. The van der Waals surface area contributed by atoms with Gasteiger partial charge < -0.3 is 15.8 Å². The number of nitrogens with two attached hydrogens (primary N) is 1. The van der Waals surface area contributed by atoms with Gasteiger partial charge in [-0.15, -0.1) is 0 Å². The number of rotatable bonds is 4. The lowest BCUT2D eigenvalue weighted by molar-refractivity contribution is -0.0300. The second kappa shape index (κ2) is 5.86. The highest BCUT2D eigenvalue weighted by Crippen LogP contribution is 2.24. The van der Waals surface area contributed by atoms with Crippen molar-refractivity contribution in [2.45, 2.75) is 31.5 Å². The summed E-state index contributed by atoms with van der Waals surface area (Å²) in [5, 5.41) is 2.86. The van der Waals surface area contributed by atoms with Gasteiger partial charge in [0.1, 0.15) is 5.82 Å². The summed E-state index contributed by atoms with van der Waals surface area (Å²) in [7, 11) is 0. The molecule has 0 aliphatic heterocycles. The lowest BCUT2D eigenvalue weighted by atomic mass is 9.83. The molecule has 104 valence electrons. The molecule has 4 nitrogen and oxygen atoms in total. The molecule has 2 rings (SSSR count). The van der Waals surface area contributed by atoms with Crippen LogP contribution in [0.2, 0.25) is 5.02 Å². The van der Waals surface area contributed by atoms with E-state index in [-0.39, 0.29) is 34.7 Å². The Kier molecular flexibility index (Phi) is 4.39. The second-order valence-corrected chi connectivity index (χ2v) is 4.92. The van der Waals surface area contributed by atoms with Crippen molar-refractivity contribution in [1.82, 2.24) is 5.32 Å². The molecule has 0 radical (unpaired) electrons. The number of hydrogen-bond acceptors (Lipinski definition) is 3. The summed E-state index contributed by atoms with van der Waals surface area (Å²) in [6.45, 7) is 2.46. The van der Waals surface area contributed by atoms with Crippen LogP contribution < -0.4 is 11.1 Å². The molecule has 0 spiro atoms. The minimum atomic E-state index is -0.478. The van der Waals surface area contributed by atoms with Crippen LogP contribution >= 0.6 is 11.6 Å². The van der Waals surface area contributed by atoms with Crippen LogP contribution in [0.3, 0.4) is 0 Å². The van der Waals surface area contributed by atoms with Gasteiger partial charge >= 0.3 is 0 Å². The molecule has 1 saturated carbocycles. The smallest absolute Gasteiger partial charge is 0.253 e. The van der Waals surface area contributed by atoms with Gasteiger partial charge in [0.05, 0.1) is 22.7 Å². The first-order chi connectivity index (χ1) is 9.02. The SMILES string of the molecule is CCOC1CC(N)C1NC(=O)c1ccc(F)cc1Cl. The van der Waals surface area contributed by atoms with Crippen molar-refractivity contribution in [2.75, 3.05) is 6.61 Å². The van der Waals surface area contributed by atoms with Crippen LogP contribution in [0.4, 0.5) is 4.39 Å². The van der Waals surface area contributed by atoms with E-state index in [1.54, 1.807) is 0 Å². The monoisotopic (exact) mass is 286 g/mol. The average molecular weight is 287 g/mol. The number of carbonyl (C=O) groups is 1. The Morgan fingerprint density at radius 1 is 1.63 bits per heavy atom. The summed E-state index contributed by atoms with van der Waals surface area (Å²) in [5.74, 6) is -0.844. The fraction of sp³-hybridized carbons (Fsp3) is 0.462. The molecular formula is C13H16ClFN2O2. The summed E-state index contributed by atoms with van der Waals surface area (Å²) in [6, 6.07) is 3.30. The average Bonchev–Trinajstić information content (AvgIpc) is 2.35. The fourth-order valence-corrected chi connectivity index (χ4v) is 2.38. The molecule has 1 aromatic rings. The highest BCUT2D eigenvalue weighted by Gasteiger charge is 2.40. The molecule has 1 aliphatic rings. The van der Waals surface area contributed by atoms with Crippen molar-refractivity contribution in [3.63, 3.8) is 0 Å². The fourth-order valence-electron chi connectivity index (χ4n) is 2.13. The quantitative estimate of drug-likeness (QED) is 0.886. The van der Waals surface area contributed by atoms with Crippen LogP contribution in [0.25, 0.3) is 0 Å². The van der Waals surface area contributed by atoms with Crippen molar-refractivity contribution in [2.24, 2.45) is 5.73 Å². The molecule has 3 unspecified atom stereocenters. The molecule has 19 heavy (non-hydrogen) atoms. The van der Waals surface area contributed by atoms with Crippen LogP contribution in [0.1, 0.15) is 23.7 Å². The van der Waals surface area contributed by atoms with Gasteiger partial charge in [-0.1, -0.05) is 11.6 Å². The van der Waals surface area contributed by atoms with Gasteiger partial charge in [-0.2, -0.15) is 0 Å². The Labute approximate surface area is 116 Å². The van der Waals surface area contributed by atoms with Gasteiger partial charge in [-0.25, -0.2) is 4.39 Å². The normalized spacial score (nSPS) is 25.8. The minimum absolute atomic E-state index is 0.0665. The van der Waals surface area contributed by atoms with E-state index < -0.39 is 5.82 Å². The number of hydrogen-bond donors (Lipinski definition) is 2. The van der Waals surface area contributed by atoms with E-state index in [1.165, 1.54) is 12.1 Å². The Morgan fingerprint density at radius 3 is 2.95 bits per heavy atom. The third-order valence-electron chi connectivity index (χ3n) is 3.22. The van der Waals surface area contributed by atoms with Gasteiger partial charge in [0.2, 0.25) is 0 Å². The maximum atomic E-state index is 12.9. The molecular weight excluding hydrogens is 271 g/mol. The largest absolute Gasteiger partial charge is 0.376 e. The predicted molar refractivity (Wildman–Crippen MR) is 70.7 cm³/mol. The maximum absolute atomic E-state index is 12.9. The highest BCUT2D eigenvalue weighted by atomic mass is 35.5. The summed E-state index contributed by atoms with van der Waals surface area (Å²) in [5.41, 5.74) is 6.08. The van der Waals surface area contributed by atoms with Crippen molar-refractivity contribution in [1.29, 1.82) is 0 Å². The van der Waals surface area contributed by atoms with Crippen molar-refractivity contribution in [3.05, 3.63) is 34.6 Å². The molecule has 0 aromatic heterocycles. The van der Waals surface area contributed by atoms with Gasteiger partial charge in [-0.05, 0) is 31.5 Å². The van der Waals surface area contributed by atoms with E-state index in [0.717, 1.165) is 12.5 Å². The van der Waals surface area contributed by atoms with Crippen LogP contribution in [0.15, 0.2) is 18.2 Å². The van der Waals surface area contributed by atoms with E-state index in [9.17, 15) is 9.18 Å². The van der Waals surface area contributed by atoms with Crippen LogP contribution in [0.5, 0.6) is 0 Å². The Hall–Kier alpha value is -1.17. The molecule has 1 aliphatic carbocycles. The summed E-state index contributed by atoms with van der Waals surface area (Å²) in [4.78, 5) is 12.0. The van der Waals surface area contributed by atoms with Gasteiger partial charge in [0.25, 0.3) is 5.91 Å². The van der Waals surface area contributed by atoms with E-state index in [0.29, 0.717) is 6.61 Å². The maximum Gasteiger partial charge on any atom is 0.253 e. The molecule has 3 N–H and O–H groups in total. The number of halogens is 2. The first kappa shape index (κ1) is 14.2. The third kappa shape index (κ3) is 3.05. The number of nitrogens with one attached hydrogen (secondary N) is 1. The second-order valence-electron chi connectivity index (χ2n) is 4.52. The standard InChI is InChI=1S/C13H16ClFN2O2/c1-2-19-11-6-10(16)12(11)17-13(18)8-4-3-7(15)5-9(8)14/h3-5,10-12H,2,6,16H2,1H3,(H,17,18). The Morgan fingerprint density at radius 2 is 2.37 bits per heavy atom. The van der Waals surface area contributed by atoms with Crippen LogP contribution in [-0.2, 0) is 4.74 Å². The van der Waals surface area contributed by atoms with Gasteiger partial charge in [0.15, 0.2) is 0 Å². The molecule has 1 aromatic carbocycles. The zero-order valence-corrected chi connectivity index (χ0v) is 11.3. The zero-order chi connectivity index (χ0) is 14.0. The minimum Gasteiger partial charge on any atom is -0.376 e. The number of ether oxygens (including phenoxy) is 1. The first-order valence-electron chi connectivity index (χ1n) is 6.16. The molecule has 0 saturated heterocycles. The molecule has 0 bridgehead atoms. The molecule has 1 fully saturated rings. The molecule has 0 heterocycles. The molecule has 3 atom stereocenters. The van der Waals surface area contributed by atoms with E-state index in [4.69, 9.17) is 22.1 Å². The summed E-state index contributed by atoms with van der Waals surface area (Å²) >= 11 is 5.84. The van der Waals surface area contributed by atoms with E-state index in [1.807, 2.05) is 6.92 Å². The van der Waals surface area contributed by atoms with Gasteiger partial charge in [0, 0.05) is 12.6 Å².